The molecule has 2 fully saturated rings. The van der Waals surface area contributed by atoms with E-state index < -0.39 is 0 Å². The monoisotopic (exact) mass is 443 g/mol. The summed E-state index contributed by atoms with van der Waals surface area (Å²) in [7, 11) is 0. The molecular weight excluding hydrogens is 418 g/mol. The van der Waals surface area contributed by atoms with Gasteiger partial charge in [0.1, 0.15) is 5.75 Å². The number of benzene rings is 1. The number of anilines is 2. The fourth-order valence-electron chi connectivity index (χ4n) is 4.64. The smallest absolute Gasteiger partial charge is 0.322 e. The molecule has 5 rings (SSSR count). The highest BCUT2D eigenvalue weighted by atomic mass is 35.5. The summed E-state index contributed by atoms with van der Waals surface area (Å²) in [4.78, 5) is 6.85. The minimum absolute atomic E-state index is 0.316. The van der Waals surface area contributed by atoms with Gasteiger partial charge in [-0.3, -0.25) is 0 Å². The number of piperidine rings is 1. The summed E-state index contributed by atoms with van der Waals surface area (Å²) in [5.74, 6) is 2.80. The maximum atomic E-state index is 6.09. The molecule has 1 aliphatic heterocycles. The highest BCUT2D eigenvalue weighted by Gasteiger charge is 2.43. The van der Waals surface area contributed by atoms with Crippen molar-refractivity contribution < 1.29 is 9.15 Å². The summed E-state index contributed by atoms with van der Waals surface area (Å²) in [6.07, 6.45) is 3.25. The van der Waals surface area contributed by atoms with E-state index in [1.165, 1.54) is 0 Å². The zero-order chi connectivity index (χ0) is 21.4. The van der Waals surface area contributed by atoms with E-state index in [-0.39, 0.29) is 0 Å². The van der Waals surface area contributed by atoms with Crippen molar-refractivity contribution in [3.05, 3.63) is 35.2 Å². The summed E-state index contributed by atoms with van der Waals surface area (Å²) in [5, 5.41) is 17.0. The molecule has 2 aliphatic rings. The molecule has 164 valence electrons. The van der Waals surface area contributed by atoms with E-state index in [0.717, 1.165) is 38.9 Å². The Morgan fingerprint density at radius 1 is 1.23 bits per heavy atom. The average molecular weight is 444 g/mol. The molecule has 1 saturated carbocycles. The predicted molar refractivity (Wildman–Crippen MR) is 117 cm³/mol. The van der Waals surface area contributed by atoms with Gasteiger partial charge in [0, 0.05) is 37.6 Å². The fraction of sp³-hybridized carbons (Fsp3) is 0.524. The van der Waals surface area contributed by atoms with Crippen molar-refractivity contribution in [1.82, 2.24) is 25.0 Å². The fourth-order valence-corrected chi connectivity index (χ4v) is 4.82. The molecule has 0 amide bonds. The van der Waals surface area contributed by atoms with Crippen molar-refractivity contribution in [2.75, 3.05) is 23.3 Å². The molecule has 0 radical (unpaired) electrons. The molecule has 3 atom stereocenters. The molecule has 1 N–H and O–H groups in total. The Balaban J connectivity index is 1.31. The number of aryl methyl sites for hydroxylation is 2. The highest BCUT2D eigenvalue weighted by Crippen LogP contribution is 2.40. The summed E-state index contributed by atoms with van der Waals surface area (Å²) in [6, 6.07) is 8.71. The van der Waals surface area contributed by atoms with Crippen LogP contribution >= 0.6 is 11.6 Å². The zero-order valence-electron chi connectivity index (χ0n) is 17.7. The van der Waals surface area contributed by atoms with Gasteiger partial charge in [-0.2, -0.15) is 4.98 Å². The molecule has 1 saturated heterocycles. The standard InChI is InChI=1S/C21H26ClN7O2/c1-3-9-29-20(31-17-6-4-5-16(22)10-17)24-19(27-29)23-18-14-7-8-15(18)12-28(11-14)21-26-25-13(2)30-21/h4-6,10,14-15,18H,3,7-9,11-12H2,1-2H3,(H,23,27)/t14-,15+,18+. The third kappa shape index (κ3) is 4.19. The normalized spacial score (nSPS) is 22.7. The lowest BCUT2D eigenvalue weighted by atomic mass is 9.92. The van der Waals surface area contributed by atoms with E-state index in [1.807, 2.05) is 29.8 Å². The quantitative estimate of drug-likeness (QED) is 0.581. The summed E-state index contributed by atoms with van der Waals surface area (Å²) in [6.45, 7) is 6.43. The average Bonchev–Trinajstić information content (AvgIpc) is 3.39. The SMILES string of the molecule is CCCn1nc(N[C@H]2[C@@H]3CC[C@H]2CN(c2nnc(C)o2)C3)nc1Oc1cccc(Cl)c1. The first-order valence-electron chi connectivity index (χ1n) is 10.8. The topological polar surface area (TPSA) is 94.1 Å². The van der Waals surface area contributed by atoms with Gasteiger partial charge in [0.25, 0.3) is 0 Å². The molecule has 2 aromatic heterocycles. The lowest BCUT2D eigenvalue weighted by molar-refractivity contribution is 0.357. The van der Waals surface area contributed by atoms with Crippen LogP contribution in [0.3, 0.4) is 0 Å². The number of rotatable bonds is 7. The molecule has 1 aromatic carbocycles. The molecule has 31 heavy (non-hydrogen) atoms. The number of nitrogens with zero attached hydrogens (tertiary/aromatic N) is 6. The van der Waals surface area contributed by atoms with Crippen LogP contribution in [0.25, 0.3) is 0 Å². The molecule has 3 heterocycles. The van der Waals surface area contributed by atoms with Gasteiger partial charge in [-0.15, -0.1) is 10.2 Å². The zero-order valence-corrected chi connectivity index (χ0v) is 18.4. The Bertz CT molecular complexity index is 1040. The molecule has 0 unspecified atom stereocenters. The summed E-state index contributed by atoms with van der Waals surface area (Å²) in [5.41, 5.74) is 0. The van der Waals surface area contributed by atoms with Gasteiger partial charge in [0.05, 0.1) is 0 Å². The molecule has 9 nitrogen and oxygen atoms in total. The van der Waals surface area contributed by atoms with Gasteiger partial charge >= 0.3 is 12.0 Å². The van der Waals surface area contributed by atoms with Crippen molar-refractivity contribution in [3.63, 3.8) is 0 Å². The van der Waals surface area contributed by atoms with Gasteiger partial charge in [0.15, 0.2) is 0 Å². The number of hydrogen-bond acceptors (Lipinski definition) is 8. The summed E-state index contributed by atoms with van der Waals surface area (Å²) < 4.78 is 13.4. The maximum Gasteiger partial charge on any atom is 0.322 e. The van der Waals surface area contributed by atoms with Gasteiger partial charge in [-0.1, -0.05) is 29.7 Å². The number of nitrogens with one attached hydrogen (secondary N) is 1. The van der Waals surface area contributed by atoms with Gasteiger partial charge in [0.2, 0.25) is 11.8 Å². The number of aromatic nitrogens is 5. The van der Waals surface area contributed by atoms with E-state index in [4.69, 9.17) is 20.8 Å². The van der Waals surface area contributed by atoms with Crippen molar-refractivity contribution in [3.8, 4) is 11.8 Å². The van der Waals surface area contributed by atoms with Crippen molar-refractivity contribution >= 4 is 23.6 Å². The highest BCUT2D eigenvalue weighted by molar-refractivity contribution is 6.30. The Morgan fingerprint density at radius 3 is 2.71 bits per heavy atom. The minimum Gasteiger partial charge on any atom is -0.424 e. The molecule has 0 spiro atoms. The largest absolute Gasteiger partial charge is 0.424 e. The van der Waals surface area contributed by atoms with E-state index in [0.29, 0.717) is 52.5 Å². The first-order chi connectivity index (χ1) is 15.1. The van der Waals surface area contributed by atoms with Crippen LogP contribution in [-0.2, 0) is 6.54 Å². The Kier molecular flexibility index (Phi) is 5.43. The van der Waals surface area contributed by atoms with Crippen molar-refractivity contribution in [1.29, 1.82) is 0 Å². The van der Waals surface area contributed by atoms with E-state index in [9.17, 15) is 0 Å². The number of fused-ring (bicyclic) bond motifs is 2. The Labute approximate surface area is 185 Å². The van der Waals surface area contributed by atoms with Crippen LogP contribution in [0.4, 0.5) is 12.0 Å². The van der Waals surface area contributed by atoms with Crippen LogP contribution in [0, 0.1) is 18.8 Å². The van der Waals surface area contributed by atoms with Crippen LogP contribution in [-0.4, -0.2) is 44.1 Å². The van der Waals surface area contributed by atoms with Gasteiger partial charge in [-0.05, 0) is 49.3 Å². The predicted octanol–water partition coefficient (Wildman–Crippen LogP) is 4.15. The third-order valence-corrected chi connectivity index (χ3v) is 6.23. The second-order valence-electron chi connectivity index (χ2n) is 8.28. The molecule has 2 bridgehead atoms. The van der Waals surface area contributed by atoms with Gasteiger partial charge < -0.3 is 19.4 Å². The van der Waals surface area contributed by atoms with Crippen LogP contribution in [0.15, 0.2) is 28.7 Å². The Morgan fingerprint density at radius 2 is 2.03 bits per heavy atom. The maximum absolute atomic E-state index is 6.09. The van der Waals surface area contributed by atoms with E-state index >= 15 is 0 Å². The Hall–Kier alpha value is -2.81. The molecule has 3 aromatic rings. The molecule has 10 heteroatoms. The third-order valence-electron chi connectivity index (χ3n) is 5.99. The van der Waals surface area contributed by atoms with Crippen molar-refractivity contribution in [2.45, 2.75) is 45.7 Å². The van der Waals surface area contributed by atoms with E-state index in [1.54, 1.807) is 6.07 Å². The van der Waals surface area contributed by atoms with Crippen LogP contribution in [0.5, 0.6) is 11.8 Å². The first kappa shape index (κ1) is 20.1. The number of halogens is 1. The second kappa shape index (κ2) is 8.37. The van der Waals surface area contributed by atoms with E-state index in [2.05, 4.69) is 37.4 Å². The lowest BCUT2D eigenvalue weighted by Gasteiger charge is -2.37. The first-order valence-corrected chi connectivity index (χ1v) is 11.2. The van der Waals surface area contributed by atoms with Crippen LogP contribution in [0.2, 0.25) is 5.02 Å². The lowest BCUT2D eigenvalue weighted by Crippen LogP contribution is -2.48. The second-order valence-corrected chi connectivity index (χ2v) is 8.71. The summed E-state index contributed by atoms with van der Waals surface area (Å²) >= 11 is 6.09. The molecular formula is C21H26ClN7O2. The number of hydrogen-bond donors (Lipinski definition) is 1. The number of ether oxygens (including phenoxy) is 1. The van der Waals surface area contributed by atoms with Crippen LogP contribution < -0.4 is 15.0 Å². The minimum atomic E-state index is 0.316. The van der Waals surface area contributed by atoms with Crippen LogP contribution in [0.1, 0.15) is 32.1 Å². The van der Waals surface area contributed by atoms with Crippen molar-refractivity contribution in [2.24, 2.45) is 11.8 Å². The molecule has 1 aliphatic carbocycles. The van der Waals surface area contributed by atoms with Gasteiger partial charge in [-0.25, -0.2) is 4.68 Å².